The maximum Gasteiger partial charge on any atom is 0.314 e. The van der Waals surface area contributed by atoms with E-state index in [2.05, 4.69) is 38.1 Å². The minimum absolute atomic E-state index is 0.110. The molecule has 1 unspecified atom stereocenters. The SMILES string of the molecule is CCc1ccc(C(C)CC(=O)N2CCC(C(=O)O)(c3ccccc3)CC2)cc1. The average Bonchev–Trinajstić information content (AvgIpc) is 2.74. The number of amides is 1. The molecule has 1 amide bonds. The number of nitrogens with zero attached hydrogens (tertiary/aromatic N) is 1. The van der Waals surface area contributed by atoms with Crippen LogP contribution in [-0.4, -0.2) is 35.0 Å². The number of carboxylic acid groups (broad SMARTS) is 1. The Morgan fingerprint density at radius 2 is 1.64 bits per heavy atom. The standard InChI is InChI=1S/C24H29NO3/c1-3-19-9-11-20(12-10-19)18(2)17-22(26)25-15-13-24(14-16-25,23(27)28)21-7-5-4-6-8-21/h4-12,18H,3,13-17H2,1-2H3,(H,27,28). The van der Waals surface area contributed by atoms with Gasteiger partial charge in [-0.2, -0.15) is 0 Å². The molecule has 2 aromatic rings. The molecule has 1 saturated heterocycles. The number of piperidine rings is 1. The van der Waals surface area contributed by atoms with E-state index in [4.69, 9.17) is 0 Å². The van der Waals surface area contributed by atoms with Crippen LogP contribution in [-0.2, 0) is 21.4 Å². The Balaban J connectivity index is 1.63. The maximum atomic E-state index is 12.8. The molecule has 0 bridgehead atoms. The zero-order valence-electron chi connectivity index (χ0n) is 16.7. The summed E-state index contributed by atoms with van der Waals surface area (Å²) in [5, 5.41) is 9.90. The van der Waals surface area contributed by atoms with Crippen LogP contribution in [0.25, 0.3) is 0 Å². The summed E-state index contributed by atoms with van der Waals surface area (Å²) in [5.41, 5.74) is 2.41. The Morgan fingerprint density at radius 3 is 2.18 bits per heavy atom. The molecule has 2 aromatic carbocycles. The van der Waals surface area contributed by atoms with E-state index in [0.29, 0.717) is 32.4 Å². The molecule has 0 saturated carbocycles. The Labute approximate surface area is 167 Å². The number of benzene rings is 2. The monoisotopic (exact) mass is 379 g/mol. The number of carbonyl (C=O) groups excluding carboxylic acids is 1. The van der Waals surface area contributed by atoms with Crippen molar-refractivity contribution in [3.05, 3.63) is 71.3 Å². The second kappa shape index (κ2) is 8.59. The number of likely N-dealkylation sites (tertiary alicyclic amines) is 1. The first kappa shape index (κ1) is 20.1. The van der Waals surface area contributed by atoms with E-state index in [1.807, 2.05) is 35.2 Å². The van der Waals surface area contributed by atoms with Gasteiger partial charge in [-0.25, -0.2) is 0 Å². The summed E-state index contributed by atoms with van der Waals surface area (Å²) in [6.45, 7) is 5.18. The maximum absolute atomic E-state index is 12.8. The van der Waals surface area contributed by atoms with E-state index in [-0.39, 0.29) is 11.8 Å². The minimum atomic E-state index is -0.889. The number of rotatable bonds is 6. The fraction of sp³-hybridized carbons (Fsp3) is 0.417. The number of hydrogen-bond acceptors (Lipinski definition) is 2. The highest BCUT2D eigenvalue weighted by Gasteiger charge is 2.43. The average molecular weight is 380 g/mol. The van der Waals surface area contributed by atoms with Crippen LogP contribution >= 0.6 is 0 Å². The van der Waals surface area contributed by atoms with Crippen molar-refractivity contribution in [3.8, 4) is 0 Å². The molecule has 3 rings (SSSR count). The molecule has 0 radical (unpaired) electrons. The van der Waals surface area contributed by atoms with Crippen LogP contribution in [0, 0.1) is 0 Å². The van der Waals surface area contributed by atoms with Crippen molar-refractivity contribution in [2.24, 2.45) is 0 Å². The highest BCUT2D eigenvalue weighted by molar-refractivity contribution is 5.83. The van der Waals surface area contributed by atoms with Gasteiger partial charge in [-0.15, -0.1) is 0 Å². The first-order valence-corrected chi connectivity index (χ1v) is 10.1. The summed E-state index contributed by atoms with van der Waals surface area (Å²) in [5.74, 6) is -0.534. The molecule has 0 aliphatic carbocycles. The van der Waals surface area contributed by atoms with E-state index in [9.17, 15) is 14.7 Å². The lowest BCUT2D eigenvalue weighted by molar-refractivity contribution is -0.148. The van der Waals surface area contributed by atoms with E-state index in [1.165, 1.54) is 11.1 Å². The number of hydrogen-bond donors (Lipinski definition) is 1. The Kier molecular flexibility index (Phi) is 6.18. The van der Waals surface area contributed by atoms with E-state index >= 15 is 0 Å². The molecule has 1 atom stereocenters. The van der Waals surface area contributed by atoms with E-state index < -0.39 is 11.4 Å². The van der Waals surface area contributed by atoms with Crippen LogP contribution in [0.2, 0.25) is 0 Å². The fourth-order valence-electron chi connectivity index (χ4n) is 4.11. The van der Waals surface area contributed by atoms with Gasteiger partial charge in [0.25, 0.3) is 0 Å². The third-order valence-electron chi connectivity index (χ3n) is 6.14. The quantitative estimate of drug-likeness (QED) is 0.810. The molecule has 1 aliphatic rings. The van der Waals surface area contributed by atoms with E-state index in [1.54, 1.807) is 0 Å². The second-order valence-electron chi connectivity index (χ2n) is 7.83. The summed E-state index contributed by atoms with van der Waals surface area (Å²) in [4.78, 5) is 26.7. The largest absolute Gasteiger partial charge is 0.481 e. The van der Waals surface area contributed by atoms with Crippen molar-refractivity contribution >= 4 is 11.9 Å². The van der Waals surface area contributed by atoms with Gasteiger partial charge in [-0.3, -0.25) is 9.59 Å². The second-order valence-corrected chi connectivity index (χ2v) is 7.83. The summed E-state index contributed by atoms with van der Waals surface area (Å²) in [6, 6.07) is 17.9. The molecule has 4 heteroatoms. The van der Waals surface area contributed by atoms with E-state index in [0.717, 1.165) is 12.0 Å². The summed E-state index contributed by atoms with van der Waals surface area (Å²) < 4.78 is 0. The molecule has 1 heterocycles. The Hall–Kier alpha value is -2.62. The van der Waals surface area contributed by atoms with Crippen LogP contribution in [0.3, 0.4) is 0 Å². The van der Waals surface area contributed by atoms with Crippen molar-refractivity contribution in [1.82, 2.24) is 4.90 Å². The lowest BCUT2D eigenvalue weighted by Crippen LogP contribution is -2.49. The van der Waals surface area contributed by atoms with Gasteiger partial charge in [-0.1, -0.05) is 68.4 Å². The number of aliphatic carboxylic acids is 1. The first-order chi connectivity index (χ1) is 13.5. The lowest BCUT2D eigenvalue weighted by atomic mass is 9.72. The minimum Gasteiger partial charge on any atom is -0.481 e. The van der Waals surface area contributed by atoms with Gasteiger partial charge in [0.15, 0.2) is 0 Å². The zero-order valence-corrected chi connectivity index (χ0v) is 16.7. The summed E-state index contributed by atoms with van der Waals surface area (Å²) >= 11 is 0. The molecular weight excluding hydrogens is 350 g/mol. The molecule has 1 fully saturated rings. The van der Waals surface area contributed by atoms with Gasteiger partial charge < -0.3 is 10.0 Å². The smallest absolute Gasteiger partial charge is 0.314 e. The summed E-state index contributed by atoms with van der Waals surface area (Å²) in [6.07, 6.45) is 2.38. The fourth-order valence-corrected chi connectivity index (χ4v) is 4.11. The van der Waals surface area contributed by atoms with Crippen LogP contribution < -0.4 is 0 Å². The highest BCUT2D eigenvalue weighted by atomic mass is 16.4. The van der Waals surface area contributed by atoms with Gasteiger partial charge in [0.05, 0.1) is 5.41 Å². The van der Waals surface area contributed by atoms with Crippen LogP contribution in [0.4, 0.5) is 0 Å². The zero-order chi connectivity index (χ0) is 20.1. The van der Waals surface area contributed by atoms with Crippen LogP contribution in [0.15, 0.2) is 54.6 Å². The van der Waals surface area contributed by atoms with Crippen molar-refractivity contribution < 1.29 is 14.7 Å². The molecule has 4 nitrogen and oxygen atoms in total. The molecule has 0 spiro atoms. The summed E-state index contributed by atoms with van der Waals surface area (Å²) in [7, 11) is 0. The van der Waals surface area contributed by atoms with Gasteiger partial charge in [0.2, 0.25) is 5.91 Å². The van der Waals surface area contributed by atoms with Gasteiger partial charge in [-0.05, 0) is 41.9 Å². The van der Waals surface area contributed by atoms with Crippen molar-refractivity contribution in [2.75, 3.05) is 13.1 Å². The van der Waals surface area contributed by atoms with Crippen molar-refractivity contribution in [1.29, 1.82) is 0 Å². The molecular formula is C24H29NO3. The predicted octanol–water partition coefficient (Wildman–Crippen LogP) is 4.39. The topological polar surface area (TPSA) is 57.6 Å². The predicted molar refractivity (Wildman–Crippen MR) is 110 cm³/mol. The Morgan fingerprint density at radius 1 is 1.04 bits per heavy atom. The normalized spacial score (nSPS) is 17.1. The molecule has 148 valence electrons. The molecule has 28 heavy (non-hydrogen) atoms. The molecule has 0 aromatic heterocycles. The van der Waals surface area contributed by atoms with Gasteiger partial charge in [0.1, 0.15) is 0 Å². The number of carbonyl (C=O) groups is 2. The van der Waals surface area contributed by atoms with Crippen LogP contribution in [0.5, 0.6) is 0 Å². The van der Waals surface area contributed by atoms with Crippen molar-refractivity contribution in [2.45, 2.75) is 50.9 Å². The van der Waals surface area contributed by atoms with Crippen molar-refractivity contribution in [3.63, 3.8) is 0 Å². The van der Waals surface area contributed by atoms with Gasteiger partial charge in [0, 0.05) is 19.5 Å². The number of aryl methyl sites for hydroxylation is 1. The third kappa shape index (κ3) is 4.11. The first-order valence-electron chi connectivity index (χ1n) is 10.1. The Bertz CT molecular complexity index is 806. The molecule has 1 aliphatic heterocycles. The third-order valence-corrected chi connectivity index (χ3v) is 6.14. The number of carboxylic acids is 1. The van der Waals surface area contributed by atoms with Gasteiger partial charge >= 0.3 is 5.97 Å². The molecule has 1 N–H and O–H groups in total. The lowest BCUT2D eigenvalue weighted by Gasteiger charge is -2.39. The highest BCUT2D eigenvalue weighted by Crippen LogP contribution is 2.36. The van der Waals surface area contributed by atoms with Crippen LogP contribution in [0.1, 0.15) is 55.7 Å².